The van der Waals surface area contributed by atoms with Crippen molar-refractivity contribution < 1.29 is 9.32 Å². The van der Waals surface area contributed by atoms with Gasteiger partial charge in [-0.15, -0.1) is 0 Å². The zero-order chi connectivity index (χ0) is 17.1. The number of carbonyl (C=O) groups is 1. The van der Waals surface area contributed by atoms with Crippen LogP contribution in [0.1, 0.15) is 49.4 Å². The first-order valence-electron chi connectivity index (χ1n) is 8.11. The predicted octanol–water partition coefficient (Wildman–Crippen LogP) is 4.84. The van der Waals surface area contributed by atoms with Gasteiger partial charge >= 0.3 is 0 Å². The van der Waals surface area contributed by atoms with Crippen LogP contribution in [0.5, 0.6) is 0 Å². The summed E-state index contributed by atoms with van der Waals surface area (Å²) in [5, 5.41) is 8.11. The number of rotatable bonds is 1. The van der Waals surface area contributed by atoms with Gasteiger partial charge in [-0.25, -0.2) is 0 Å². The summed E-state index contributed by atoms with van der Waals surface area (Å²) in [5.41, 5.74) is 4.54. The highest BCUT2D eigenvalue weighted by atomic mass is 35.5. The van der Waals surface area contributed by atoms with E-state index in [2.05, 4.69) is 24.3 Å². The molecule has 0 bridgehead atoms. The van der Waals surface area contributed by atoms with Crippen molar-refractivity contribution in [3.8, 4) is 0 Å². The molecule has 1 aliphatic heterocycles. The van der Waals surface area contributed by atoms with Gasteiger partial charge in [0.25, 0.3) is 0 Å². The summed E-state index contributed by atoms with van der Waals surface area (Å²) >= 11 is 6.04. The fourth-order valence-corrected chi connectivity index (χ4v) is 3.98. The van der Waals surface area contributed by atoms with Crippen LogP contribution in [0.3, 0.4) is 0 Å². The minimum Gasteiger partial charge on any atom is -0.338 e. The van der Waals surface area contributed by atoms with E-state index in [0.29, 0.717) is 17.3 Å². The van der Waals surface area contributed by atoms with Crippen LogP contribution >= 0.6 is 11.6 Å². The fraction of sp³-hybridized carbons (Fsp3) is 0.368. The minimum absolute atomic E-state index is 0.0555. The third-order valence-electron chi connectivity index (χ3n) is 4.87. The Labute approximate surface area is 145 Å². The van der Waals surface area contributed by atoms with E-state index in [9.17, 15) is 4.79 Å². The molecule has 1 atom stereocenters. The molecule has 124 valence electrons. The van der Waals surface area contributed by atoms with E-state index < -0.39 is 0 Å². The summed E-state index contributed by atoms with van der Waals surface area (Å²) in [7, 11) is 0. The highest BCUT2D eigenvalue weighted by molar-refractivity contribution is 6.30. The molecule has 0 radical (unpaired) electrons. The van der Waals surface area contributed by atoms with E-state index in [1.807, 2.05) is 31.2 Å². The minimum atomic E-state index is -0.150. The summed E-state index contributed by atoms with van der Waals surface area (Å²) in [6, 6.07) is 7.68. The Kier molecular flexibility index (Phi) is 3.36. The second-order valence-corrected chi connectivity index (χ2v) is 7.89. The molecule has 2 heterocycles. The number of carbonyl (C=O) groups excluding carboxylic acids is 1. The third kappa shape index (κ3) is 2.37. The molecule has 5 heteroatoms. The molecule has 1 N–H and O–H groups in total. The van der Waals surface area contributed by atoms with Crippen LogP contribution in [0.25, 0.3) is 0 Å². The molecule has 4 nitrogen and oxygen atoms in total. The number of fused-ring (bicyclic) bond motifs is 1. The lowest BCUT2D eigenvalue weighted by Gasteiger charge is -2.37. The number of hydrogen-bond acceptors (Lipinski definition) is 4. The molecule has 24 heavy (non-hydrogen) atoms. The van der Waals surface area contributed by atoms with Gasteiger partial charge in [0, 0.05) is 28.6 Å². The van der Waals surface area contributed by atoms with Crippen molar-refractivity contribution in [2.24, 2.45) is 5.41 Å². The van der Waals surface area contributed by atoms with Crippen molar-refractivity contribution in [2.45, 2.75) is 39.5 Å². The van der Waals surface area contributed by atoms with E-state index in [1.165, 1.54) is 0 Å². The second-order valence-electron chi connectivity index (χ2n) is 7.45. The number of aryl methyl sites for hydroxylation is 1. The Morgan fingerprint density at radius 3 is 2.67 bits per heavy atom. The number of nitrogens with one attached hydrogen (secondary N) is 1. The fourth-order valence-electron chi connectivity index (χ4n) is 3.86. The molecule has 0 fully saturated rings. The van der Waals surface area contributed by atoms with Crippen LogP contribution < -0.4 is 5.32 Å². The molecule has 1 aliphatic carbocycles. The van der Waals surface area contributed by atoms with Crippen LogP contribution in [0.2, 0.25) is 5.02 Å². The average molecular weight is 343 g/mol. The molecular weight excluding hydrogens is 324 g/mol. The van der Waals surface area contributed by atoms with Crippen LogP contribution in [0.15, 0.2) is 40.1 Å². The standard InChI is InChI=1S/C19H19ClN2O2/c1-10-15-16(11-4-6-12(20)7-5-11)17-13(21-18(15)24-22-10)8-19(2,3)9-14(17)23/h4-7,16,21H,8-9H2,1-3H3/t16-/m1/s1. The monoisotopic (exact) mass is 342 g/mol. The zero-order valence-electron chi connectivity index (χ0n) is 13.9. The van der Waals surface area contributed by atoms with Crippen molar-refractivity contribution in [1.82, 2.24) is 5.16 Å². The summed E-state index contributed by atoms with van der Waals surface area (Å²) in [5.74, 6) is 0.694. The Morgan fingerprint density at radius 1 is 1.25 bits per heavy atom. The summed E-state index contributed by atoms with van der Waals surface area (Å²) in [6.45, 7) is 6.15. The molecular formula is C19H19ClN2O2. The predicted molar refractivity (Wildman–Crippen MR) is 93.2 cm³/mol. The van der Waals surface area contributed by atoms with Gasteiger partial charge in [-0.3, -0.25) is 4.79 Å². The molecule has 0 saturated carbocycles. The topological polar surface area (TPSA) is 55.1 Å². The van der Waals surface area contributed by atoms with Gasteiger partial charge in [0.1, 0.15) is 0 Å². The molecule has 0 amide bonds. The first kappa shape index (κ1) is 15.5. The van der Waals surface area contributed by atoms with E-state index >= 15 is 0 Å². The van der Waals surface area contributed by atoms with Crippen molar-refractivity contribution in [1.29, 1.82) is 0 Å². The molecule has 1 aromatic heterocycles. The number of anilines is 1. The maximum atomic E-state index is 13.0. The van der Waals surface area contributed by atoms with Crippen molar-refractivity contribution in [3.63, 3.8) is 0 Å². The number of allylic oxidation sites excluding steroid dienone is 2. The SMILES string of the molecule is Cc1noc2c1[C@@H](c1ccc(Cl)cc1)C1=C(CC(C)(C)CC1=O)N2. The van der Waals surface area contributed by atoms with Crippen LogP contribution in [-0.2, 0) is 4.79 Å². The number of Topliss-reactive ketones (excluding diaryl/α,β-unsaturated/α-hetero) is 1. The van der Waals surface area contributed by atoms with Crippen LogP contribution in [0, 0.1) is 12.3 Å². The zero-order valence-corrected chi connectivity index (χ0v) is 14.7. The van der Waals surface area contributed by atoms with Crippen LogP contribution in [0.4, 0.5) is 5.88 Å². The number of nitrogens with zero attached hydrogens (tertiary/aromatic N) is 1. The van der Waals surface area contributed by atoms with Gasteiger partial charge in [-0.2, -0.15) is 0 Å². The number of ketones is 1. The summed E-state index contributed by atoms with van der Waals surface area (Å²) in [6.07, 6.45) is 1.37. The Morgan fingerprint density at radius 2 is 1.96 bits per heavy atom. The number of halogens is 1. The van der Waals surface area contributed by atoms with Crippen molar-refractivity contribution in [3.05, 3.63) is 57.4 Å². The molecule has 4 rings (SSSR count). The number of aromatic nitrogens is 1. The molecule has 0 unspecified atom stereocenters. The van der Waals surface area contributed by atoms with E-state index in [-0.39, 0.29) is 17.1 Å². The van der Waals surface area contributed by atoms with Crippen molar-refractivity contribution in [2.75, 3.05) is 5.32 Å². The molecule has 0 spiro atoms. The van der Waals surface area contributed by atoms with E-state index in [4.69, 9.17) is 16.1 Å². The van der Waals surface area contributed by atoms with Gasteiger partial charge in [-0.05, 0) is 36.5 Å². The Bertz CT molecular complexity index is 862. The molecule has 2 aromatic rings. The van der Waals surface area contributed by atoms with Crippen molar-refractivity contribution >= 4 is 23.3 Å². The smallest absolute Gasteiger partial charge is 0.233 e. The highest BCUT2D eigenvalue weighted by Crippen LogP contribution is 2.49. The average Bonchev–Trinajstić information content (AvgIpc) is 2.86. The van der Waals surface area contributed by atoms with Gasteiger partial charge in [-0.1, -0.05) is 42.7 Å². The first-order valence-corrected chi connectivity index (χ1v) is 8.48. The number of hydrogen-bond donors (Lipinski definition) is 1. The molecule has 2 aliphatic rings. The van der Waals surface area contributed by atoms with Crippen LogP contribution in [-0.4, -0.2) is 10.9 Å². The summed E-state index contributed by atoms with van der Waals surface area (Å²) < 4.78 is 5.48. The first-order chi connectivity index (χ1) is 11.4. The normalized spacial score (nSPS) is 22.0. The maximum Gasteiger partial charge on any atom is 0.233 e. The number of benzene rings is 1. The summed E-state index contributed by atoms with van der Waals surface area (Å²) in [4.78, 5) is 13.0. The quantitative estimate of drug-likeness (QED) is 0.805. The second kappa shape index (κ2) is 5.21. The van der Waals surface area contributed by atoms with Gasteiger partial charge in [0.2, 0.25) is 5.88 Å². The Balaban J connectivity index is 1.93. The van der Waals surface area contributed by atoms with Gasteiger partial charge < -0.3 is 9.84 Å². The highest BCUT2D eigenvalue weighted by Gasteiger charge is 2.42. The van der Waals surface area contributed by atoms with Gasteiger partial charge in [0.05, 0.1) is 11.3 Å². The Hall–Kier alpha value is -2.07. The lowest BCUT2D eigenvalue weighted by molar-refractivity contribution is -0.118. The van der Waals surface area contributed by atoms with E-state index in [0.717, 1.165) is 34.5 Å². The third-order valence-corrected chi connectivity index (χ3v) is 5.13. The molecule has 0 saturated heterocycles. The maximum absolute atomic E-state index is 13.0. The molecule has 1 aromatic carbocycles. The lowest BCUT2D eigenvalue weighted by Crippen LogP contribution is -2.33. The van der Waals surface area contributed by atoms with Gasteiger partial charge in [0.15, 0.2) is 5.78 Å². The lowest BCUT2D eigenvalue weighted by atomic mass is 9.69. The van der Waals surface area contributed by atoms with E-state index in [1.54, 1.807) is 0 Å². The largest absolute Gasteiger partial charge is 0.338 e.